The molecule has 4 heteroatoms. The molecular formula is C12H14N2OS. The van der Waals surface area contributed by atoms with Gasteiger partial charge in [-0.1, -0.05) is 18.8 Å². The topological polar surface area (TPSA) is 55.1 Å². The molecule has 0 aromatic carbocycles. The summed E-state index contributed by atoms with van der Waals surface area (Å²) in [6, 6.07) is 2.18. The third-order valence-electron chi connectivity index (χ3n) is 2.60. The smallest absolute Gasteiger partial charge is 0.252 e. The molecule has 1 aliphatic carbocycles. The summed E-state index contributed by atoms with van der Waals surface area (Å²) < 4.78 is 0. The summed E-state index contributed by atoms with van der Waals surface area (Å²) in [6.07, 6.45) is 1.09. The van der Waals surface area contributed by atoms with Crippen molar-refractivity contribution in [3.63, 3.8) is 0 Å². The largest absolute Gasteiger partial charge is 0.349 e. The minimum atomic E-state index is 0.00592. The van der Waals surface area contributed by atoms with Crippen molar-refractivity contribution in [1.29, 1.82) is 0 Å². The average Bonchev–Trinajstić information content (AvgIpc) is 2.81. The number of nitrogens with one attached hydrogen (secondary N) is 1. The minimum absolute atomic E-state index is 0.00592. The maximum absolute atomic E-state index is 11.8. The number of hydrogen-bond donors (Lipinski definition) is 2. The third-order valence-corrected chi connectivity index (χ3v) is 3.45. The van der Waals surface area contributed by atoms with Gasteiger partial charge in [-0.3, -0.25) is 4.79 Å². The van der Waals surface area contributed by atoms with E-state index in [0.717, 1.165) is 11.3 Å². The maximum atomic E-state index is 11.8. The van der Waals surface area contributed by atoms with Crippen molar-refractivity contribution < 1.29 is 4.79 Å². The Morgan fingerprint density at radius 2 is 2.50 bits per heavy atom. The van der Waals surface area contributed by atoms with Crippen molar-refractivity contribution in [2.24, 2.45) is 11.7 Å². The maximum Gasteiger partial charge on any atom is 0.252 e. The molecule has 2 rings (SSSR count). The van der Waals surface area contributed by atoms with Gasteiger partial charge in [-0.2, -0.15) is 0 Å². The van der Waals surface area contributed by atoms with Gasteiger partial charge in [0.2, 0.25) is 0 Å². The molecule has 16 heavy (non-hydrogen) atoms. The number of nitrogens with two attached hydrogens (primary N) is 1. The Hall–Kier alpha value is -1.31. The Balaban J connectivity index is 1.98. The van der Waals surface area contributed by atoms with E-state index in [9.17, 15) is 4.79 Å². The molecule has 0 aliphatic heterocycles. The van der Waals surface area contributed by atoms with Gasteiger partial charge in [-0.25, -0.2) is 0 Å². The van der Waals surface area contributed by atoms with Crippen LogP contribution >= 0.6 is 11.3 Å². The summed E-state index contributed by atoms with van der Waals surface area (Å²) in [4.78, 5) is 12.6. The molecule has 0 spiro atoms. The van der Waals surface area contributed by atoms with Crippen LogP contribution in [0.1, 0.15) is 28.6 Å². The predicted octanol–water partition coefficient (Wildman–Crippen LogP) is 1.20. The van der Waals surface area contributed by atoms with E-state index in [1.165, 1.54) is 11.3 Å². The van der Waals surface area contributed by atoms with Gasteiger partial charge >= 0.3 is 0 Å². The fourth-order valence-electron chi connectivity index (χ4n) is 1.43. The van der Waals surface area contributed by atoms with Crippen LogP contribution in [0.25, 0.3) is 0 Å². The minimum Gasteiger partial charge on any atom is -0.349 e. The lowest BCUT2D eigenvalue weighted by Gasteiger charge is -1.99. The number of hydrogen-bond acceptors (Lipinski definition) is 3. The van der Waals surface area contributed by atoms with Gasteiger partial charge in [0, 0.05) is 11.4 Å². The molecule has 1 amide bonds. The molecule has 1 aromatic rings. The first-order valence-electron chi connectivity index (χ1n) is 5.29. The van der Waals surface area contributed by atoms with Gasteiger partial charge in [0.1, 0.15) is 0 Å². The van der Waals surface area contributed by atoms with Crippen molar-refractivity contribution >= 4 is 17.2 Å². The van der Waals surface area contributed by atoms with Crippen molar-refractivity contribution in [1.82, 2.24) is 5.32 Å². The van der Waals surface area contributed by atoms with Crippen molar-refractivity contribution in [2.45, 2.75) is 19.4 Å². The van der Waals surface area contributed by atoms with Crippen LogP contribution in [-0.4, -0.2) is 18.5 Å². The molecule has 1 fully saturated rings. The number of carbonyl (C=O) groups excluding carboxylic acids is 1. The van der Waals surface area contributed by atoms with Crippen LogP contribution in [0.15, 0.2) is 11.4 Å². The lowest BCUT2D eigenvalue weighted by atomic mass is 10.3. The molecule has 1 heterocycles. The first-order valence-corrected chi connectivity index (χ1v) is 6.17. The van der Waals surface area contributed by atoms with Crippen LogP contribution in [-0.2, 0) is 0 Å². The second kappa shape index (κ2) is 4.69. The molecule has 2 unspecified atom stereocenters. The quantitative estimate of drug-likeness (QED) is 0.755. The second-order valence-electron chi connectivity index (χ2n) is 4.00. The van der Waals surface area contributed by atoms with Crippen LogP contribution in [0.2, 0.25) is 0 Å². The van der Waals surface area contributed by atoms with E-state index < -0.39 is 0 Å². The molecule has 0 saturated heterocycles. The highest BCUT2D eigenvalue weighted by atomic mass is 32.1. The number of amides is 1. The number of carbonyl (C=O) groups is 1. The van der Waals surface area contributed by atoms with Crippen LogP contribution in [0.5, 0.6) is 0 Å². The van der Waals surface area contributed by atoms with E-state index in [1.807, 2.05) is 11.4 Å². The normalized spacial score (nSPS) is 22.1. The molecular weight excluding hydrogens is 220 g/mol. The Kier molecular flexibility index (Phi) is 3.28. The summed E-state index contributed by atoms with van der Waals surface area (Å²) >= 11 is 1.48. The average molecular weight is 234 g/mol. The van der Waals surface area contributed by atoms with Gasteiger partial charge in [0.05, 0.1) is 17.0 Å². The Morgan fingerprint density at radius 1 is 1.75 bits per heavy atom. The van der Waals surface area contributed by atoms with Gasteiger partial charge < -0.3 is 11.1 Å². The summed E-state index contributed by atoms with van der Waals surface area (Å²) in [5.41, 5.74) is 5.98. The molecule has 0 radical (unpaired) electrons. The highest BCUT2D eigenvalue weighted by molar-refractivity contribution is 7.10. The Labute approximate surface area is 99.0 Å². The molecule has 84 valence electrons. The molecule has 3 nitrogen and oxygen atoms in total. The summed E-state index contributed by atoms with van der Waals surface area (Å²) in [5, 5.41) is 4.82. The summed E-state index contributed by atoms with van der Waals surface area (Å²) in [6.45, 7) is 2.48. The fraction of sp³-hybridized carbons (Fsp3) is 0.417. The van der Waals surface area contributed by atoms with Crippen LogP contribution in [0.3, 0.4) is 0 Å². The van der Waals surface area contributed by atoms with Crippen molar-refractivity contribution in [2.75, 3.05) is 6.54 Å². The molecule has 0 bridgehead atoms. The highest BCUT2D eigenvalue weighted by Gasteiger charge is 2.34. The van der Waals surface area contributed by atoms with E-state index >= 15 is 0 Å². The van der Waals surface area contributed by atoms with E-state index in [0.29, 0.717) is 24.1 Å². The van der Waals surface area contributed by atoms with E-state index in [1.54, 1.807) is 0 Å². The number of thiophene rings is 1. The van der Waals surface area contributed by atoms with E-state index in [2.05, 4.69) is 24.1 Å². The number of rotatable bonds is 2. The molecule has 1 aromatic heterocycles. The lowest BCUT2D eigenvalue weighted by Crippen LogP contribution is -2.25. The van der Waals surface area contributed by atoms with Crippen LogP contribution in [0.4, 0.5) is 0 Å². The molecule has 1 aliphatic rings. The van der Waals surface area contributed by atoms with E-state index in [-0.39, 0.29) is 5.91 Å². The lowest BCUT2D eigenvalue weighted by molar-refractivity contribution is 0.0950. The fourth-order valence-corrected chi connectivity index (χ4v) is 2.19. The third kappa shape index (κ3) is 2.63. The second-order valence-corrected chi connectivity index (χ2v) is 4.91. The first-order chi connectivity index (χ1) is 7.70. The van der Waals surface area contributed by atoms with E-state index in [4.69, 9.17) is 5.73 Å². The highest BCUT2D eigenvalue weighted by Crippen LogP contribution is 2.29. The van der Waals surface area contributed by atoms with Crippen LogP contribution < -0.4 is 11.1 Å². The molecule has 2 atom stereocenters. The van der Waals surface area contributed by atoms with Gasteiger partial charge in [-0.15, -0.1) is 11.3 Å². The van der Waals surface area contributed by atoms with Crippen molar-refractivity contribution in [3.8, 4) is 11.8 Å². The molecule has 3 N–H and O–H groups in total. The van der Waals surface area contributed by atoms with Gasteiger partial charge in [0.15, 0.2) is 0 Å². The Bertz CT molecular complexity index is 455. The summed E-state index contributed by atoms with van der Waals surface area (Å²) in [7, 11) is 0. The standard InChI is InChI=1S/C12H14N2OS/c1-8-5-11(8)14-12(15)9-6-10(16-7-9)3-2-4-13/h6-8,11H,4-5,13H2,1H3,(H,14,15). The monoisotopic (exact) mass is 234 g/mol. The predicted molar refractivity (Wildman–Crippen MR) is 65.3 cm³/mol. The Morgan fingerprint density at radius 3 is 3.12 bits per heavy atom. The zero-order valence-electron chi connectivity index (χ0n) is 9.12. The zero-order chi connectivity index (χ0) is 11.5. The molecule has 1 saturated carbocycles. The van der Waals surface area contributed by atoms with Crippen LogP contribution in [0, 0.1) is 17.8 Å². The van der Waals surface area contributed by atoms with Crippen molar-refractivity contribution in [3.05, 3.63) is 21.9 Å². The summed E-state index contributed by atoms with van der Waals surface area (Å²) in [5.74, 6) is 6.32. The first kappa shape index (κ1) is 11.2. The zero-order valence-corrected chi connectivity index (χ0v) is 9.93. The SMILES string of the molecule is CC1CC1NC(=O)c1csc(C#CCN)c1. The van der Waals surface area contributed by atoms with Gasteiger partial charge in [-0.05, 0) is 18.4 Å². The van der Waals surface area contributed by atoms with Gasteiger partial charge in [0.25, 0.3) is 5.91 Å².